The Morgan fingerprint density at radius 2 is 2.17 bits per heavy atom. The van der Waals surface area contributed by atoms with Gasteiger partial charge in [-0.15, -0.1) is 11.3 Å². The van der Waals surface area contributed by atoms with Crippen molar-refractivity contribution in [1.82, 2.24) is 20.5 Å². The standard InChI is InChI=1S/C18H33N5S/c1-5-19-18(20-9-6-17-21-13-16(4)24-17)22-12-15(3)23-10-7-14(2)8-11-23/h13-15H,5-12H2,1-4H3,(H2,19,20,22). The molecule has 136 valence electrons. The van der Waals surface area contributed by atoms with Crippen molar-refractivity contribution in [3.05, 3.63) is 16.1 Å². The van der Waals surface area contributed by atoms with Gasteiger partial charge in [-0.25, -0.2) is 4.98 Å². The van der Waals surface area contributed by atoms with E-state index in [1.54, 1.807) is 11.3 Å². The molecule has 0 amide bonds. The monoisotopic (exact) mass is 351 g/mol. The van der Waals surface area contributed by atoms with E-state index in [0.29, 0.717) is 6.04 Å². The van der Waals surface area contributed by atoms with Gasteiger partial charge < -0.3 is 10.6 Å². The van der Waals surface area contributed by atoms with Gasteiger partial charge in [-0.05, 0) is 52.6 Å². The van der Waals surface area contributed by atoms with Crippen LogP contribution in [0.25, 0.3) is 0 Å². The van der Waals surface area contributed by atoms with E-state index in [9.17, 15) is 0 Å². The fraction of sp³-hybridized carbons (Fsp3) is 0.778. The third kappa shape index (κ3) is 6.40. The van der Waals surface area contributed by atoms with Crippen LogP contribution in [-0.4, -0.2) is 54.6 Å². The minimum atomic E-state index is 0.509. The van der Waals surface area contributed by atoms with Gasteiger partial charge in [0, 0.05) is 36.6 Å². The van der Waals surface area contributed by atoms with E-state index >= 15 is 0 Å². The molecule has 0 bridgehead atoms. The van der Waals surface area contributed by atoms with Crippen molar-refractivity contribution in [2.24, 2.45) is 10.9 Å². The van der Waals surface area contributed by atoms with E-state index in [0.717, 1.165) is 37.9 Å². The molecule has 5 nitrogen and oxygen atoms in total. The van der Waals surface area contributed by atoms with E-state index in [1.807, 2.05) is 6.20 Å². The number of aliphatic imine (C=N–C) groups is 1. The van der Waals surface area contributed by atoms with Crippen LogP contribution < -0.4 is 10.6 Å². The second-order valence-electron chi connectivity index (χ2n) is 6.83. The van der Waals surface area contributed by atoms with E-state index in [2.05, 4.69) is 48.2 Å². The van der Waals surface area contributed by atoms with Gasteiger partial charge in [0.25, 0.3) is 0 Å². The van der Waals surface area contributed by atoms with Crippen LogP contribution in [0.1, 0.15) is 43.5 Å². The highest BCUT2D eigenvalue weighted by Crippen LogP contribution is 2.18. The van der Waals surface area contributed by atoms with Crippen LogP contribution in [0.4, 0.5) is 0 Å². The molecule has 1 unspecified atom stereocenters. The first kappa shape index (κ1) is 19.2. The molecule has 6 heteroatoms. The summed E-state index contributed by atoms with van der Waals surface area (Å²) in [5.41, 5.74) is 0. The average Bonchev–Trinajstić information content (AvgIpc) is 2.98. The fourth-order valence-electron chi connectivity index (χ4n) is 2.95. The molecule has 24 heavy (non-hydrogen) atoms. The first-order valence-corrected chi connectivity index (χ1v) is 10.1. The van der Waals surface area contributed by atoms with Gasteiger partial charge in [0.1, 0.15) is 0 Å². The Bertz CT molecular complexity index is 505. The Hall–Kier alpha value is -1.14. The van der Waals surface area contributed by atoms with Crippen LogP contribution in [0.15, 0.2) is 11.2 Å². The Labute approximate surface area is 151 Å². The van der Waals surface area contributed by atoms with Crippen molar-refractivity contribution >= 4 is 17.3 Å². The van der Waals surface area contributed by atoms with Crippen molar-refractivity contribution in [2.75, 3.05) is 32.7 Å². The second kappa shape index (κ2) is 9.99. The zero-order chi connectivity index (χ0) is 17.4. The SMILES string of the molecule is CCNC(=NCC(C)N1CCC(C)CC1)NCCc1ncc(C)s1. The molecule has 2 N–H and O–H groups in total. The Balaban J connectivity index is 1.76. The number of aryl methyl sites for hydroxylation is 1. The number of nitrogens with zero attached hydrogens (tertiary/aromatic N) is 3. The topological polar surface area (TPSA) is 52.6 Å². The van der Waals surface area contributed by atoms with Gasteiger partial charge in [0.05, 0.1) is 11.6 Å². The molecule has 1 aliphatic rings. The van der Waals surface area contributed by atoms with Gasteiger partial charge in [0.2, 0.25) is 0 Å². The highest BCUT2D eigenvalue weighted by Gasteiger charge is 2.19. The number of piperidine rings is 1. The lowest BCUT2D eigenvalue weighted by atomic mass is 9.98. The minimum absolute atomic E-state index is 0.509. The maximum Gasteiger partial charge on any atom is 0.191 e. The molecule has 1 atom stereocenters. The molecule has 1 saturated heterocycles. The van der Waals surface area contributed by atoms with Gasteiger partial charge in [0.15, 0.2) is 5.96 Å². The summed E-state index contributed by atoms with van der Waals surface area (Å²) in [7, 11) is 0. The van der Waals surface area contributed by atoms with Crippen LogP contribution in [0.5, 0.6) is 0 Å². The molecule has 1 fully saturated rings. The summed E-state index contributed by atoms with van der Waals surface area (Å²) in [4.78, 5) is 13.0. The summed E-state index contributed by atoms with van der Waals surface area (Å²) in [5.74, 6) is 1.80. The molecular weight excluding hydrogens is 318 g/mol. The third-order valence-electron chi connectivity index (χ3n) is 4.60. The number of aromatic nitrogens is 1. The van der Waals surface area contributed by atoms with Crippen LogP contribution in [0.3, 0.4) is 0 Å². The van der Waals surface area contributed by atoms with Crippen molar-refractivity contribution < 1.29 is 0 Å². The van der Waals surface area contributed by atoms with Gasteiger partial charge in [-0.3, -0.25) is 9.89 Å². The molecule has 2 rings (SSSR count). The Morgan fingerprint density at radius 1 is 1.42 bits per heavy atom. The lowest BCUT2D eigenvalue weighted by Crippen LogP contribution is -2.43. The maximum absolute atomic E-state index is 4.78. The fourth-order valence-corrected chi connectivity index (χ4v) is 3.74. The molecular formula is C18H33N5S. The van der Waals surface area contributed by atoms with Crippen molar-refractivity contribution in [2.45, 2.75) is 53.0 Å². The minimum Gasteiger partial charge on any atom is -0.357 e. The zero-order valence-electron chi connectivity index (χ0n) is 15.6. The molecule has 0 saturated carbocycles. The number of nitrogens with one attached hydrogen (secondary N) is 2. The summed E-state index contributed by atoms with van der Waals surface area (Å²) in [6.07, 6.45) is 5.53. The van der Waals surface area contributed by atoms with E-state index in [1.165, 1.54) is 35.8 Å². The zero-order valence-corrected chi connectivity index (χ0v) is 16.5. The van der Waals surface area contributed by atoms with Crippen LogP contribution in [0, 0.1) is 12.8 Å². The predicted octanol–water partition coefficient (Wildman–Crippen LogP) is 2.67. The molecule has 1 aromatic heterocycles. The molecule has 1 aliphatic heterocycles. The molecule has 0 aliphatic carbocycles. The highest BCUT2D eigenvalue weighted by atomic mass is 32.1. The summed E-state index contributed by atoms with van der Waals surface area (Å²) in [5, 5.41) is 7.96. The van der Waals surface area contributed by atoms with Gasteiger partial charge in [-0.1, -0.05) is 6.92 Å². The normalized spacial score (nSPS) is 18.6. The lowest BCUT2D eigenvalue weighted by molar-refractivity contribution is 0.150. The average molecular weight is 352 g/mol. The van der Waals surface area contributed by atoms with Crippen molar-refractivity contribution in [3.63, 3.8) is 0 Å². The van der Waals surface area contributed by atoms with Crippen LogP contribution in [0.2, 0.25) is 0 Å². The smallest absolute Gasteiger partial charge is 0.191 e. The quantitative estimate of drug-likeness (QED) is 0.586. The molecule has 0 aromatic carbocycles. The van der Waals surface area contributed by atoms with Gasteiger partial charge >= 0.3 is 0 Å². The number of hydrogen-bond donors (Lipinski definition) is 2. The maximum atomic E-state index is 4.78. The van der Waals surface area contributed by atoms with Crippen LogP contribution >= 0.6 is 11.3 Å². The molecule has 0 spiro atoms. The Morgan fingerprint density at radius 3 is 2.79 bits per heavy atom. The summed E-state index contributed by atoms with van der Waals surface area (Å²) < 4.78 is 0. The first-order chi connectivity index (χ1) is 11.6. The molecule has 2 heterocycles. The lowest BCUT2D eigenvalue weighted by Gasteiger charge is -2.34. The Kier molecular flexibility index (Phi) is 7.99. The summed E-state index contributed by atoms with van der Waals surface area (Å²) >= 11 is 1.77. The van der Waals surface area contributed by atoms with E-state index in [4.69, 9.17) is 4.99 Å². The number of guanidine groups is 1. The third-order valence-corrected chi connectivity index (χ3v) is 5.57. The summed E-state index contributed by atoms with van der Waals surface area (Å²) in [6, 6.07) is 0.509. The van der Waals surface area contributed by atoms with E-state index in [-0.39, 0.29) is 0 Å². The summed E-state index contributed by atoms with van der Waals surface area (Å²) in [6.45, 7) is 13.9. The number of likely N-dealkylation sites (tertiary alicyclic amines) is 1. The van der Waals surface area contributed by atoms with Crippen LogP contribution in [-0.2, 0) is 6.42 Å². The second-order valence-corrected chi connectivity index (χ2v) is 8.15. The van der Waals surface area contributed by atoms with Gasteiger partial charge in [-0.2, -0.15) is 0 Å². The first-order valence-electron chi connectivity index (χ1n) is 9.26. The molecule has 0 radical (unpaired) electrons. The number of thiazole rings is 1. The van der Waals surface area contributed by atoms with Crippen molar-refractivity contribution in [1.29, 1.82) is 0 Å². The predicted molar refractivity (Wildman–Crippen MR) is 104 cm³/mol. The largest absolute Gasteiger partial charge is 0.357 e. The number of rotatable bonds is 7. The molecule has 1 aromatic rings. The number of hydrogen-bond acceptors (Lipinski definition) is 4. The van der Waals surface area contributed by atoms with Crippen molar-refractivity contribution in [3.8, 4) is 0 Å². The highest BCUT2D eigenvalue weighted by molar-refractivity contribution is 7.11. The van der Waals surface area contributed by atoms with E-state index < -0.39 is 0 Å².